The number of aliphatic carboxylic acids is 2. The molecule has 3 fully saturated rings. The van der Waals surface area contributed by atoms with E-state index in [-0.39, 0.29) is 102 Å². The van der Waals surface area contributed by atoms with Crippen LogP contribution in [0.2, 0.25) is 0 Å². The number of carboxylic acids is 2. The van der Waals surface area contributed by atoms with Crippen molar-refractivity contribution in [1.82, 2.24) is 57.2 Å². The lowest BCUT2D eigenvalue weighted by Crippen LogP contribution is -2.60. The Morgan fingerprint density at radius 3 is 1.54 bits per heavy atom. The van der Waals surface area contributed by atoms with Crippen LogP contribution in [0, 0.1) is 0 Å². The normalized spacial score (nSPS) is 18.0. The predicted molar refractivity (Wildman–Crippen MR) is 364 cm³/mol. The molecule has 37 heteroatoms. The number of nitrogens with two attached hydrogens (primary N) is 5. The average molecular weight is 1440 g/mol. The number of carboxylic acid groups (broad SMARTS) is 2. The second-order valence-electron chi connectivity index (χ2n) is 24.2. The van der Waals surface area contributed by atoms with Crippen LogP contribution in [0.3, 0.4) is 0 Å². The quantitative estimate of drug-likeness (QED) is 0.0169. The minimum atomic E-state index is -1.96. The minimum absolute atomic E-state index is 0.0258. The van der Waals surface area contributed by atoms with E-state index in [0.717, 1.165) is 4.90 Å². The van der Waals surface area contributed by atoms with Crippen molar-refractivity contribution in [3.8, 4) is 5.75 Å². The molecular weight excluding hydrogens is 1350 g/mol. The van der Waals surface area contributed by atoms with Crippen molar-refractivity contribution in [1.29, 1.82) is 0 Å². The lowest BCUT2D eigenvalue weighted by Gasteiger charge is -2.33. The summed E-state index contributed by atoms with van der Waals surface area (Å²) in [6.45, 7) is -0.794. The first-order chi connectivity index (χ1) is 47.5. The zero-order valence-corrected chi connectivity index (χ0v) is 57.2. The van der Waals surface area contributed by atoms with Gasteiger partial charge in [0.15, 0.2) is 5.96 Å². The molecule has 3 saturated heterocycles. The van der Waals surface area contributed by atoms with Crippen LogP contribution in [0.4, 0.5) is 0 Å². The number of nitrogens with one attached hydrogen (secondary N) is 8. The SMILES string of the molecule is CSCCC(NC(=O)C(CCSC)NC(=O)CNC(=O)C(Cc1ccc(O)cc1)NC(=O)C(Cc1ccccc1)NC(=O)C(CCCN=C(N)N)NC(=O)C(CC(=O)O)NC(=O)C1CCCN1C(=O)C(CC(N)=O)NC(=O)C1CCCN1C(=O)C1CCCN1C(=O)C(N)CC(=O)O)C(N)=O. The first-order valence-corrected chi connectivity index (χ1v) is 35.2. The highest BCUT2D eigenvalue weighted by atomic mass is 32.2. The van der Waals surface area contributed by atoms with E-state index in [1.54, 1.807) is 36.6 Å². The van der Waals surface area contributed by atoms with E-state index >= 15 is 0 Å². The molecular formula is C63H91N17O18S2. The maximum absolute atomic E-state index is 14.7. The minimum Gasteiger partial charge on any atom is -0.508 e. The number of carbonyl (C=O) groups is 15. The maximum atomic E-state index is 14.7. The molecule has 3 aliphatic heterocycles. The average Bonchev–Trinajstić information content (AvgIpc) is 1.62. The summed E-state index contributed by atoms with van der Waals surface area (Å²) < 4.78 is 0. The second kappa shape index (κ2) is 40.3. The van der Waals surface area contributed by atoms with Gasteiger partial charge in [-0.2, -0.15) is 23.5 Å². The summed E-state index contributed by atoms with van der Waals surface area (Å²) in [5.41, 5.74) is 29.0. The smallest absolute Gasteiger partial charge is 0.305 e. The number of aliphatic imine (C=N–C) groups is 1. The molecule has 0 radical (unpaired) electrons. The standard InChI is InChI=1S/C63H91N17O18S2/c1-99-26-20-38(52(66)88)72-55(91)40(21-27-100-2)71-49(83)33-70-53(89)41(29-35-16-18-36(81)19-17-35)74-56(92)42(28-34-10-4-3-5-11-34)75-54(90)39(12-6-22-69-63(67)68)73-57(93)43(32-51(86)87)76-58(94)45-13-7-23-78(45)61(97)44(31-48(65)82)77-59(95)46-14-8-24-79(46)62(98)47-15-9-25-80(47)60(96)37(64)30-50(84)85/h3-5,10-11,16-19,37-47,81H,6-9,12-15,20-33,64H2,1-2H3,(H2,65,82)(H2,66,88)(H,70,89)(H,71,83)(H,72,91)(H,73,93)(H,74,92)(H,75,90)(H,76,94)(H,77,95)(H,84,85)(H,86,87)(H4,67,68,69). The number of phenolic OH excluding ortho intramolecular Hbond substituents is 1. The third-order valence-corrected chi connectivity index (χ3v) is 18.0. The number of primary amides is 2. The number of nitrogens with zero attached hydrogens (tertiary/aromatic N) is 4. The van der Waals surface area contributed by atoms with Crippen LogP contribution in [-0.2, 0) is 84.8 Å². The Balaban J connectivity index is 1.35. The number of thioether (sulfide) groups is 2. The summed E-state index contributed by atoms with van der Waals surface area (Å²) in [5, 5.41) is 49.6. The Hall–Kier alpha value is -9.78. The molecule has 100 heavy (non-hydrogen) atoms. The van der Waals surface area contributed by atoms with Crippen LogP contribution in [-0.4, -0.2) is 248 Å². The fourth-order valence-corrected chi connectivity index (χ4v) is 12.6. The Kier molecular flexibility index (Phi) is 32.6. The van der Waals surface area contributed by atoms with E-state index in [2.05, 4.69) is 47.5 Å². The third-order valence-electron chi connectivity index (χ3n) is 16.7. The highest BCUT2D eigenvalue weighted by Gasteiger charge is 2.46. The van der Waals surface area contributed by atoms with Crippen molar-refractivity contribution in [3.63, 3.8) is 0 Å². The van der Waals surface area contributed by atoms with Crippen LogP contribution in [0.25, 0.3) is 0 Å². The number of guanidine groups is 1. The number of likely N-dealkylation sites (tertiary alicyclic amines) is 3. The topological polar surface area (TPSA) is 565 Å². The van der Waals surface area contributed by atoms with Crippen molar-refractivity contribution in [2.45, 2.75) is 163 Å². The van der Waals surface area contributed by atoms with Gasteiger partial charge in [0, 0.05) is 39.0 Å². The second-order valence-corrected chi connectivity index (χ2v) is 26.2. The number of hydrogen-bond donors (Lipinski definition) is 16. The summed E-state index contributed by atoms with van der Waals surface area (Å²) in [6, 6.07) is -1.87. The zero-order valence-electron chi connectivity index (χ0n) is 55.6. The summed E-state index contributed by atoms with van der Waals surface area (Å²) in [5.74, 6) is -14.2. The molecule has 11 unspecified atom stereocenters. The maximum Gasteiger partial charge on any atom is 0.305 e. The lowest BCUT2D eigenvalue weighted by molar-refractivity contribution is -0.149. The summed E-state index contributed by atoms with van der Waals surface area (Å²) >= 11 is 2.82. The molecule has 2 aromatic carbocycles. The van der Waals surface area contributed by atoms with E-state index in [9.17, 15) is 87.2 Å². The Morgan fingerprint density at radius 1 is 0.520 bits per heavy atom. The number of carbonyl (C=O) groups excluding carboxylic acids is 13. The Bertz CT molecular complexity index is 3300. The molecule has 0 aliphatic carbocycles. The molecule has 11 atom stereocenters. The monoisotopic (exact) mass is 1440 g/mol. The van der Waals surface area contributed by atoms with Crippen LogP contribution >= 0.6 is 23.5 Å². The van der Waals surface area contributed by atoms with Crippen LogP contribution in [0.15, 0.2) is 59.6 Å². The molecule has 13 amide bonds. The van der Waals surface area contributed by atoms with Gasteiger partial charge in [0.25, 0.3) is 0 Å². The molecule has 35 nitrogen and oxygen atoms in total. The number of phenols is 1. The van der Waals surface area contributed by atoms with E-state index < -0.39 is 181 Å². The van der Waals surface area contributed by atoms with E-state index in [4.69, 9.17) is 28.7 Å². The molecule has 3 heterocycles. The highest BCUT2D eigenvalue weighted by Crippen LogP contribution is 2.27. The molecule has 0 saturated carbocycles. The van der Waals surface area contributed by atoms with Gasteiger partial charge in [0.05, 0.1) is 31.8 Å². The van der Waals surface area contributed by atoms with Gasteiger partial charge in [0.1, 0.15) is 66.2 Å². The number of amides is 13. The van der Waals surface area contributed by atoms with E-state index in [0.29, 0.717) is 35.5 Å². The Morgan fingerprint density at radius 2 is 0.990 bits per heavy atom. The first-order valence-electron chi connectivity index (χ1n) is 32.4. The first kappa shape index (κ1) is 80.9. The van der Waals surface area contributed by atoms with Gasteiger partial charge in [-0.1, -0.05) is 42.5 Å². The predicted octanol–water partition coefficient (Wildman–Crippen LogP) is -5.14. The van der Waals surface area contributed by atoms with Gasteiger partial charge < -0.3 is 101 Å². The summed E-state index contributed by atoms with van der Waals surface area (Å²) in [4.78, 5) is 211. The van der Waals surface area contributed by atoms with Gasteiger partial charge >= 0.3 is 11.9 Å². The van der Waals surface area contributed by atoms with Gasteiger partial charge in [-0.25, -0.2) is 0 Å². The van der Waals surface area contributed by atoms with Gasteiger partial charge in [-0.15, -0.1) is 0 Å². The lowest BCUT2D eigenvalue weighted by atomic mass is 10.0. The molecule has 0 aromatic heterocycles. The van der Waals surface area contributed by atoms with E-state index in [1.807, 2.05) is 6.26 Å². The van der Waals surface area contributed by atoms with Gasteiger partial charge in [-0.3, -0.25) is 76.9 Å². The van der Waals surface area contributed by atoms with Crippen LogP contribution < -0.4 is 71.2 Å². The largest absolute Gasteiger partial charge is 0.508 e. The number of rotatable bonds is 40. The molecule has 21 N–H and O–H groups in total. The molecule has 3 aliphatic rings. The number of benzene rings is 2. The fourth-order valence-electron chi connectivity index (χ4n) is 11.7. The molecule has 5 rings (SSSR count). The molecule has 548 valence electrons. The summed E-state index contributed by atoms with van der Waals surface area (Å²) in [6.07, 6.45) is 1.67. The molecule has 0 spiro atoms. The Labute approximate surface area is 584 Å². The third kappa shape index (κ3) is 25.5. The van der Waals surface area contributed by atoms with Crippen molar-refractivity contribution < 1.29 is 87.2 Å². The van der Waals surface area contributed by atoms with Crippen molar-refractivity contribution in [2.24, 2.45) is 33.7 Å². The van der Waals surface area contributed by atoms with Gasteiger partial charge in [0.2, 0.25) is 76.8 Å². The fraction of sp³-hybridized carbons (Fsp3) is 0.556. The highest BCUT2D eigenvalue weighted by molar-refractivity contribution is 7.98. The van der Waals surface area contributed by atoms with Crippen molar-refractivity contribution in [2.75, 3.05) is 56.7 Å². The van der Waals surface area contributed by atoms with Gasteiger partial charge in [-0.05, 0) is 111 Å². The molecule has 0 bridgehead atoms. The summed E-state index contributed by atoms with van der Waals surface area (Å²) in [7, 11) is 0. The van der Waals surface area contributed by atoms with Crippen molar-refractivity contribution in [3.05, 3.63) is 65.7 Å². The molecule has 2 aromatic rings. The number of aromatic hydroxyl groups is 1. The number of hydrogen-bond acceptors (Lipinski definition) is 20. The van der Waals surface area contributed by atoms with E-state index in [1.165, 1.54) is 57.6 Å². The van der Waals surface area contributed by atoms with Crippen LogP contribution in [0.5, 0.6) is 5.75 Å². The van der Waals surface area contributed by atoms with Crippen molar-refractivity contribution >= 4 is 118 Å². The van der Waals surface area contributed by atoms with Crippen LogP contribution in [0.1, 0.15) is 94.6 Å². The zero-order chi connectivity index (χ0) is 73.8.